The second-order valence-corrected chi connectivity index (χ2v) is 9.31. The molecular weight excluding hydrogens is 518 g/mol. The molecule has 2 aromatic carbocycles. The van der Waals surface area contributed by atoms with Crippen molar-refractivity contribution in [2.24, 2.45) is 0 Å². The van der Waals surface area contributed by atoms with Crippen molar-refractivity contribution in [1.82, 2.24) is 0 Å². The molecule has 3 rings (SSSR count). The minimum atomic E-state index is 0. The number of fused-ring (bicyclic) bond motifs is 1. The van der Waals surface area contributed by atoms with Gasteiger partial charge in [-0.2, -0.15) is 0 Å². The fourth-order valence-corrected chi connectivity index (χ4v) is 5.25. The van der Waals surface area contributed by atoms with Crippen LogP contribution in [-0.4, -0.2) is 45.3 Å². The average Bonchev–Trinajstić information content (AvgIpc) is 2.83. The highest BCUT2D eigenvalue weighted by Crippen LogP contribution is 2.37. The molecule has 0 fully saturated rings. The largest absolute Gasteiger partial charge is 1.00 e. The summed E-state index contributed by atoms with van der Waals surface area (Å²) in [6.45, 7) is 4.05. The predicted octanol–water partition coefficient (Wildman–Crippen LogP) is 3.41. The number of halogens is 2. The summed E-state index contributed by atoms with van der Waals surface area (Å²) >= 11 is 3.64. The van der Waals surface area contributed by atoms with Gasteiger partial charge in [0, 0.05) is 24.0 Å². The molecule has 188 valence electrons. The Morgan fingerprint density at radius 3 is 2.15 bits per heavy atom. The summed E-state index contributed by atoms with van der Waals surface area (Å²) in [4.78, 5) is 0. The minimum Gasteiger partial charge on any atom is -1.00 e. The highest BCUT2D eigenvalue weighted by Gasteiger charge is 2.28. The van der Waals surface area contributed by atoms with Gasteiger partial charge < -0.3 is 31.4 Å². The molecular formula is C27H37BrClNO4. The average molecular weight is 555 g/mol. The number of benzene rings is 2. The molecule has 7 heteroatoms. The molecule has 5 nitrogen and oxygen atoms in total. The van der Waals surface area contributed by atoms with Crippen LogP contribution < -0.4 is 31.4 Å². The molecule has 0 atom stereocenters. The third kappa shape index (κ3) is 6.60. The van der Waals surface area contributed by atoms with Crippen molar-refractivity contribution in [1.29, 1.82) is 0 Å². The fraction of sp³-hybridized carbons (Fsp3) is 0.519. The first-order valence-electron chi connectivity index (χ1n) is 11.8. The van der Waals surface area contributed by atoms with Crippen LogP contribution >= 0.6 is 15.9 Å². The molecule has 0 aliphatic carbocycles. The van der Waals surface area contributed by atoms with E-state index in [0.717, 1.165) is 53.4 Å². The lowest BCUT2D eigenvalue weighted by Crippen LogP contribution is -3.00. The van der Waals surface area contributed by atoms with E-state index in [9.17, 15) is 0 Å². The summed E-state index contributed by atoms with van der Waals surface area (Å²) in [6, 6.07) is 8.51. The zero-order chi connectivity index (χ0) is 23.8. The van der Waals surface area contributed by atoms with E-state index in [0.29, 0.717) is 0 Å². The van der Waals surface area contributed by atoms with E-state index < -0.39 is 0 Å². The van der Waals surface area contributed by atoms with Crippen LogP contribution in [0.25, 0.3) is 0 Å². The van der Waals surface area contributed by atoms with Crippen molar-refractivity contribution >= 4 is 21.6 Å². The van der Waals surface area contributed by atoms with Gasteiger partial charge in [0.2, 0.25) is 0 Å². The normalized spacial score (nSPS) is 12.6. The second-order valence-electron chi connectivity index (χ2n) is 8.46. The van der Waals surface area contributed by atoms with Crippen LogP contribution in [0.15, 0.2) is 28.7 Å². The molecule has 0 amide bonds. The van der Waals surface area contributed by atoms with Gasteiger partial charge in [0.05, 0.1) is 32.9 Å². The highest BCUT2D eigenvalue weighted by atomic mass is 79.9. The van der Waals surface area contributed by atoms with E-state index in [-0.39, 0.29) is 12.4 Å². The first-order valence-corrected chi connectivity index (χ1v) is 12.6. The van der Waals surface area contributed by atoms with Gasteiger partial charge >= 0.3 is 0 Å². The third-order valence-electron chi connectivity index (χ3n) is 6.34. The zero-order valence-electron chi connectivity index (χ0n) is 21.0. The molecule has 2 aromatic rings. The number of ether oxygens (including phenoxy) is 4. The number of hydrogen-bond acceptors (Lipinski definition) is 4. The van der Waals surface area contributed by atoms with Crippen molar-refractivity contribution in [3.05, 3.63) is 45.4 Å². The van der Waals surface area contributed by atoms with E-state index in [2.05, 4.69) is 51.7 Å². The van der Waals surface area contributed by atoms with Gasteiger partial charge in [0.15, 0.2) is 35.3 Å². The molecule has 1 aliphatic heterocycles. The number of hydrogen-bond donors (Lipinski definition) is 0. The van der Waals surface area contributed by atoms with Crippen molar-refractivity contribution in [2.45, 2.75) is 58.4 Å². The Labute approximate surface area is 219 Å². The minimum absolute atomic E-state index is 0. The maximum absolute atomic E-state index is 5.64. The van der Waals surface area contributed by atoms with Gasteiger partial charge in [-0.1, -0.05) is 32.6 Å². The first-order chi connectivity index (χ1) is 16.1. The number of nitrogens with zero attached hydrogens (tertiary/aromatic N) is 1. The van der Waals surface area contributed by atoms with Crippen molar-refractivity contribution in [2.75, 3.05) is 35.0 Å². The molecule has 34 heavy (non-hydrogen) atoms. The van der Waals surface area contributed by atoms with E-state index in [1.807, 2.05) is 0 Å². The number of methoxy groups -OCH3 is 4. The maximum Gasteiger partial charge on any atom is 0.184 e. The Morgan fingerprint density at radius 2 is 1.50 bits per heavy atom. The van der Waals surface area contributed by atoms with Crippen LogP contribution in [-0.2, 0) is 13.0 Å². The summed E-state index contributed by atoms with van der Waals surface area (Å²) in [5, 5.41) is 0. The van der Waals surface area contributed by atoms with Crippen LogP contribution in [0.2, 0.25) is 0 Å². The zero-order valence-corrected chi connectivity index (χ0v) is 23.4. The van der Waals surface area contributed by atoms with Crippen molar-refractivity contribution < 1.29 is 35.9 Å². The molecule has 0 saturated heterocycles. The number of unbranched alkanes of at least 4 members (excludes halogenated alkanes) is 4. The lowest BCUT2D eigenvalue weighted by molar-refractivity contribution is -0.545. The second kappa shape index (κ2) is 13.8. The molecule has 1 aliphatic rings. The lowest BCUT2D eigenvalue weighted by atomic mass is 9.92. The molecule has 0 unspecified atom stereocenters. The fourth-order valence-electron chi connectivity index (χ4n) is 4.60. The molecule has 0 spiro atoms. The Bertz CT molecular complexity index is 993. The van der Waals surface area contributed by atoms with E-state index in [1.165, 1.54) is 54.5 Å². The topological polar surface area (TPSA) is 39.9 Å². The van der Waals surface area contributed by atoms with Crippen LogP contribution in [0.1, 0.15) is 62.1 Å². The van der Waals surface area contributed by atoms with Crippen molar-refractivity contribution in [3.63, 3.8) is 0 Å². The molecule has 0 aromatic heterocycles. The van der Waals surface area contributed by atoms with E-state index >= 15 is 0 Å². The van der Waals surface area contributed by atoms with Crippen LogP contribution in [0, 0.1) is 0 Å². The predicted molar refractivity (Wildman–Crippen MR) is 137 cm³/mol. The molecule has 0 bridgehead atoms. The van der Waals surface area contributed by atoms with E-state index in [1.54, 1.807) is 28.4 Å². The molecule has 1 heterocycles. The van der Waals surface area contributed by atoms with Gasteiger partial charge in [-0.15, -0.1) is 0 Å². The highest BCUT2D eigenvalue weighted by molar-refractivity contribution is 9.10. The van der Waals surface area contributed by atoms with Gasteiger partial charge in [0.25, 0.3) is 0 Å². The maximum atomic E-state index is 5.64. The Kier molecular flexibility index (Phi) is 11.5. The molecule has 0 saturated carbocycles. The summed E-state index contributed by atoms with van der Waals surface area (Å²) in [7, 11) is 6.75. The molecule has 0 radical (unpaired) electrons. The summed E-state index contributed by atoms with van der Waals surface area (Å²) in [5.74, 6) is 3.06. The SMILES string of the molecule is CCCCCCCC1=[N+](Cc2cc(Br)c(OC)c(OC)c2)CCc2cc(OC)c(OC)cc21.[Cl-]. The summed E-state index contributed by atoms with van der Waals surface area (Å²) in [5.41, 5.74) is 5.20. The standard InChI is InChI=1S/C27H37BrNO4.ClH/c1-6-7-8-9-10-11-23-21-17-25(31-3)24(30-2)16-20(21)12-13-29(23)18-19-14-22(28)27(33-5)26(15-19)32-4;/h14-17H,6-13,18H2,1-5H3;1H/q+1;/p-1. The Hall–Kier alpha value is -1.92. The summed E-state index contributed by atoms with van der Waals surface area (Å²) in [6.07, 6.45) is 8.34. The molecule has 0 N–H and O–H groups in total. The first kappa shape index (κ1) is 28.3. The van der Waals surface area contributed by atoms with Crippen molar-refractivity contribution in [3.8, 4) is 23.0 Å². The van der Waals surface area contributed by atoms with Gasteiger partial charge in [-0.3, -0.25) is 0 Å². The van der Waals surface area contributed by atoms with Gasteiger partial charge in [-0.05, 0) is 52.2 Å². The number of rotatable bonds is 12. The van der Waals surface area contributed by atoms with Crippen LogP contribution in [0.4, 0.5) is 0 Å². The smallest absolute Gasteiger partial charge is 0.184 e. The summed E-state index contributed by atoms with van der Waals surface area (Å²) < 4.78 is 25.7. The third-order valence-corrected chi connectivity index (χ3v) is 6.93. The Morgan fingerprint density at radius 1 is 0.824 bits per heavy atom. The van der Waals surface area contributed by atoms with Gasteiger partial charge in [0.1, 0.15) is 6.54 Å². The van der Waals surface area contributed by atoms with Gasteiger partial charge in [-0.25, -0.2) is 4.58 Å². The lowest BCUT2D eigenvalue weighted by Gasteiger charge is -2.21. The van der Waals surface area contributed by atoms with E-state index in [4.69, 9.17) is 18.9 Å². The van der Waals surface area contributed by atoms with Crippen LogP contribution in [0.3, 0.4) is 0 Å². The van der Waals surface area contributed by atoms with Crippen LogP contribution in [0.5, 0.6) is 23.0 Å². The monoisotopic (exact) mass is 553 g/mol. The Balaban J connectivity index is 0.00000408. The quantitative estimate of drug-likeness (QED) is 0.298.